The summed E-state index contributed by atoms with van der Waals surface area (Å²) in [5, 5.41) is 2.76. The molecule has 2 aromatic carbocycles. The van der Waals surface area contributed by atoms with Crippen molar-refractivity contribution in [2.45, 2.75) is 24.9 Å². The summed E-state index contributed by atoms with van der Waals surface area (Å²) in [6.45, 7) is 0. The zero-order valence-corrected chi connectivity index (χ0v) is 17.1. The number of likely N-dealkylation sites (tertiary alicyclic amines) is 1. The largest absolute Gasteiger partial charge is 0.384 e. The van der Waals surface area contributed by atoms with E-state index in [9.17, 15) is 18.4 Å². The van der Waals surface area contributed by atoms with Gasteiger partial charge in [-0.25, -0.2) is 18.6 Å². The van der Waals surface area contributed by atoms with Gasteiger partial charge in [0, 0.05) is 6.20 Å². The number of β-lactam (4-membered cyclic amide) rings is 1. The van der Waals surface area contributed by atoms with Crippen molar-refractivity contribution < 1.29 is 18.4 Å². The van der Waals surface area contributed by atoms with Crippen LogP contribution in [0.1, 0.15) is 22.7 Å². The van der Waals surface area contributed by atoms with Crippen molar-refractivity contribution in [1.29, 1.82) is 0 Å². The number of carbonyl (C=O) groups is 2. The van der Waals surface area contributed by atoms with Crippen LogP contribution in [0, 0.1) is 5.92 Å². The van der Waals surface area contributed by atoms with E-state index in [0.29, 0.717) is 10.5 Å². The van der Waals surface area contributed by atoms with Gasteiger partial charge in [0.05, 0.1) is 12.0 Å². The molecule has 1 aromatic heterocycles. The SMILES string of the molecule is Nc1cc(CC2C(=O)N(C(=O)NC(c3ccccc3)c3ccccc3)C2C(F)F)ccn1. The van der Waals surface area contributed by atoms with E-state index in [1.165, 1.54) is 6.20 Å². The highest BCUT2D eigenvalue weighted by molar-refractivity contribution is 6.01. The van der Waals surface area contributed by atoms with E-state index in [1.807, 2.05) is 60.7 Å². The number of nitrogens with zero attached hydrogens (tertiary/aromatic N) is 2. The number of alkyl halides is 2. The summed E-state index contributed by atoms with van der Waals surface area (Å²) in [5.41, 5.74) is 7.81. The van der Waals surface area contributed by atoms with Crippen LogP contribution in [-0.2, 0) is 11.2 Å². The number of rotatable bonds is 6. The number of urea groups is 1. The Morgan fingerprint density at radius 3 is 2.16 bits per heavy atom. The maximum atomic E-state index is 13.9. The van der Waals surface area contributed by atoms with Crippen LogP contribution in [0.4, 0.5) is 19.4 Å². The zero-order chi connectivity index (χ0) is 22.7. The summed E-state index contributed by atoms with van der Waals surface area (Å²) < 4.78 is 27.7. The van der Waals surface area contributed by atoms with Crippen LogP contribution in [0.5, 0.6) is 0 Å². The second-order valence-electron chi connectivity index (χ2n) is 7.64. The smallest absolute Gasteiger partial charge is 0.325 e. The Morgan fingerprint density at radius 2 is 1.62 bits per heavy atom. The first-order chi connectivity index (χ1) is 15.5. The highest BCUT2D eigenvalue weighted by atomic mass is 19.3. The summed E-state index contributed by atoms with van der Waals surface area (Å²) >= 11 is 0. The lowest BCUT2D eigenvalue weighted by Gasteiger charge is -2.45. The Morgan fingerprint density at radius 1 is 1.03 bits per heavy atom. The third-order valence-electron chi connectivity index (χ3n) is 5.58. The minimum absolute atomic E-state index is 0.0607. The van der Waals surface area contributed by atoms with Crippen LogP contribution >= 0.6 is 0 Å². The minimum Gasteiger partial charge on any atom is -0.384 e. The average Bonchev–Trinajstić information content (AvgIpc) is 2.80. The molecule has 0 saturated carbocycles. The van der Waals surface area contributed by atoms with E-state index in [2.05, 4.69) is 10.3 Å². The van der Waals surface area contributed by atoms with Gasteiger partial charge in [0.25, 0.3) is 6.43 Å². The maximum Gasteiger partial charge on any atom is 0.325 e. The summed E-state index contributed by atoms with van der Waals surface area (Å²) in [7, 11) is 0. The molecule has 32 heavy (non-hydrogen) atoms. The Hall–Kier alpha value is -3.81. The molecule has 8 heteroatoms. The molecular formula is C24H22F2N4O2. The van der Waals surface area contributed by atoms with Crippen molar-refractivity contribution in [3.63, 3.8) is 0 Å². The second kappa shape index (κ2) is 9.13. The van der Waals surface area contributed by atoms with E-state index >= 15 is 0 Å². The number of nitrogens with one attached hydrogen (secondary N) is 1. The third kappa shape index (κ3) is 4.30. The molecule has 1 saturated heterocycles. The van der Waals surface area contributed by atoms with Crippen molar-refractivity contribution in [1.82, 2.24) is 15.2 Å². The van der Waals surface area contributed by atoms with Crippen LogP contribution in [0.2, 0.25) is 0 Å². The zero-order valence-electron chi connectivity index (χ0n) is 17.1. The highest BCUT2D eigenvalue weighted by Crippen LogP contribution is 2.35. The number of carbonyl (C=O) groups excluding carboxylic acids is 2. The van der Waals surface area contributed by atoms with Gasteiger partial charge in [-0.3, -0.25) is 9.69 Å². The number of hydrogen-bond donors (Lipinski definition) is 2. The Balaban J connectivity index is 1.55. The van der Waals surface area contributed by atoms with Crippen molar-refractivity contribution in [2.75, 3.05) is 5.73 Å². The molecule has 1 aliphatic rings. The lowest BCUT2D eigenvalue weighted by molar-refractivity contribution is -0.159. The molecule has 1 aliphatic heterocycles. The fraction of sp³-hybridized carbons (Fsp3) is 0.208. The predicted octanol–water partition coefficient (Wildman–Crippen LogP) is 3.80. The van der Waals surface area contributed by atoms with E-state index in [0.717, 1.165) is 11.1 Å². The molecule has 2 atom stereocenters. The van der Waals surface area contributed by atoms with Crippen molar-refractivity contribution >= 4 is 17.8 Å². The molecule has 1 fully saturated rings. The number of nitrogens with two attached hydrogens (primary N) is 1. The van der Waals surface area contributed by atoms with Crippen LogP contribution < -0.4 is 11.1 Å². The lowest BCUT2D eigenvalue weighted by atomic mass is 9.82. The van der Waals surface area contributed by atoms with Crippen LogP contribution in [0.15, 0.2) is 79.0 Å². The van der Waals surface area contributed by atoms with E-state index < -0.39 is 36.4 Å². The van der Waals surface area contributed by atoms with Crippen LogP contribution in [-0.4, -0.2) is 34.3 Å². The monoisotopic (exact) mass is 436 g/mol. The number of pyridine rings is 1. The number of aromatic nitrogens is 1. The number of hydrogen-bond acceptors (Lipinski definition) is 4. The number of amides is 3. The average molecular weight is 436 g/mol. The van der Waals surface area contributed by atoms with Gasteiger partial charge in [0.1, 0.15) is 11.9 Å². The van der Waals surface area contributed by atoms with Gasteiger partial charge in [0.15, 0.2) is 0 Å². The standard InChI is InChI=1S/C24H22F2N4O2/c25-22(26)21-18(13-15-11-12-28-19(27)14-15)23(31)30(21)24(32)29-20(16-7-3-1-4-8-16)17-9-5-2-6-10-17/h1-12,14,18,20-22H,13H2,(H2,27,28)(H,29,32). The van der Waals surface area contributed by atoms with Crippen LogP contribution in [0.3, 0.4) is 0 Å². The maximum absolute atomic E-state index is 13.9. The number of nitrogen functional groups attached to an aromatic ring is 1. The Bertz CT molecular complexity index is 1060. The van der Waals surface area contributed by atoms with E-state index in [1.54, 1.807) is 12.1 Å². The normalized spacial score (nSPS) is 18.0. The first-order valence-corrected chi connectivity index (χ1v) is 10.2. The number of halogens is 2. The summed E-state index contributed by atoms with van der Waals surface area (Å²) in [6.07, 6.45) is -1.35. The molecule has 6 nitrogen and oxygen atoms in total. The Labute approximate surface area is 184 Å². The van der Waals surface area contributed by atoms with Gasteiger partial charge in [0.2, 0.25) is 5.91 Å². The summed E-state index contributed by atoms with van der Waals surface area (Å²) in [5.74, 6) is -1.40. The Kier molecular flexibility index (Phi) is 6.11. The van der Waals surface area contributed by atoms with Crippen molar-refractivity contribution in [2.24, 2.45) is 5.92 Å². The van der Waals surface area contributed by atoms with Gasteiger partial charge < -0.3 is 11.1 Å². The lowest BCUT2D eigenvalue weighted by Crippen LogP contribution is -2.68. The van der Waals surface area contributed by atoms with Gasteiger partial charge in [-0.15, -0.1) is 0 Å². The molecule has 164 valence electrons. The first-order valence-electron chi connectivity index (χ1n) is 10.2. The minimum atomic E-state index is -2.87. The molecule has 0 bridgehead atoms. The van der Waals surface area contributed by atoms with Gasteiger partial charge in [-0.2, -0.15) is 0 Å². The fourth-order valence-corrected chi connectivity index (χ4v) is 4.02. The van der Waals surface area contributed by atoms with Gasteiger partial charge in [-0.05, 0) is 35.2 Å². The number of imide groups is 1. The quantitative estimate of drug-likeness (QED) is 0.576. The molecule has 0 aliphatic carbocycles. The first kappa shape index (κ1) is 21.4. The number of benzene rings is 2. The topological polar surface area (TPSA) is 88.3 Å². The molecule has 2 unspecified atom stereocenters. The summed E-state index contributed by atoms with van der Waals surface area (Å²) in [6, 6.07) is 18.5. The molecule has 0 spiro atoms. The molecule has 3 N–H and O–H groups in total. The van der Waals surface area contributed by atoms with Gasteiger partial charge in [-0.1, -0.05) is 60.7 Å². The third-order valence-corrected chi connectivity index (χ3v) is 5.58. The fourth-order valence-electron chi connectivity index (χ4n) is 4.02. The highest BCUT2D eigenvalue weighted by Gasteiger charge is 2.55. The molecule has 3 amide bonds. The molecule has 2 heterocycles. The van der Waals surface area contributed by atoms with E-state index in [-0.39, 0.29) is 12.2 Å². The van der Waals surface area contributed by atoms with Crippen molar-refractivity contribution in [3.8, 4) is 0 Å². The molecule has 4 rings (SSSR count). The summed E-state index contributed by atoms with van der Waals surface area (Å²) in [4.78, 5) is 30.2. The molecule has 0 radical (unpaired) electrons. The van der Waals surface area contributed by atoms with Gasteiger partial charge >= 0.3 is 6.03 Å². The second-order valence-corrected chi connectivity index (χ2v) is 7.64. The van der Waals surface area contributed by atoms with Crippen molar-refractivity contribution in [3.05, 3.63) is 95.7 Å². The predicted molar refractivity (Wildman–Crippen MR) is 116 cm³/mol. The number of anilines is 1. The molecule has 3 aromatic rings. The van der Waals surface area contributed by atoms with Crippen LogP contribution in [0.25, 0.3) is 0 Å². The van der Waals surface area contributed by atoms with E-state index in [4.69, 9.17) is 5.73 Å². The molecular weight excluding hydrogens is 414 g/mol.